The molecule has 1 heterocycles. The maximum atomic E-state index is 9.06. The third-order valence-electron chi connectivity index (χ3n) is 2.52. The molecule has 0 atom stereocenters. The van der Waals surface area contributed by atoms with Crippen molar-refractivity contribution in [2.24, 2.45) is 0 Å². The standard InChI is InChI=1S/C13H15NOS2/c1-10-13(17-9-14-10)5-6-16-12-4-2-3-11(7-12)8-15/h2-4,7,9,15H,5-6,8H2,1H3. The molecule has 0 saturated carbocycles. The molecule has 2 nitrogen and oxygen atoms in total. The summed E-state index contributed by atoms with van der Waals surface area (Å²) in [4.78, 5) is 6.84. The van der Waals surface area contributed by atoms with Crippen LogP contribution in [-0.2, 0) is 13.0 Å². The van der Waals surface area contributed by atoms with Crippen molar-refractivity contribution < 1.29 is 5.11 Å². The van der Waals surface area contributed by atoms with Gasteiger partial charge in [-0.2, -0.15) is 0 Å². The highest BCUT2D eigenvalue weighted by Gasteiger charge is 2.02. The van der Waals surface area contributed by atoms with Crippen LogP contribution in [0.1, 0.15) is 16.1 Å². The average molecular weight is 265 g/mol. The molecule has 0 aliphatic heterocycles. The van der Waals surface area contributed by atoms with Gasteiger partial charge in [0.15, 0.2) is 0 Å². The van der Waals surface area contributed by atoms with Gasteiger partial charge in [-0.05, 0) is 31.0 Å². The van der Waals surface area contributed by atoms with E-state index in [1.165, 1.54) is 9.77 Å². The first-order valence-corrected chi connectivity index (χ1v) is 7.37. The first kappa shape index (κ1) is 12.6. The van der Waals surface area contributed by atoms with Crippen molar-refractivity contribution in [2.75, 3.05) is 5.75 Å². The van der Waals surface area contributed by atoms with Crippen molar-refractivity contribution in [3.8, 4) is 0 Å². The van der Waals surface area contributed by atoms with Crippen LogP contribution in [-0.4, -0.2) is 15.8 Å². The number of benzene rings is 1. The van der Waals surface area contributed by atoms with Crippen molar-refractivity contribution >= 4 is 23.1 Å². The minimum Gasteiger partial charge on any atom is -0.392 e. The zero-order valence-corrected chi connectivity index (χ0v) is 11.4. The molecule has 0 aliphatic rings. The summed E-state index contributed by atoms with van der Waals surface area (Å²) >= 11 is 3.55. The lowest BCUT2D eigenvalue weighted by molar-refractivity contribution is 0.281. The Labute approximate surface area is 110 Å². The number of thioether (sulfide) groups is 1. The number of aliphatic hydroxyl groups is 1. The molecule has 4 heteroatoms. The number of aryl methyl sites for hydroxylation is 2. The van der Waals surface area contributed by atoms with Crippen LogP contribution < -0.4 is 0 Å². The van der Waals surface area contributed by atoms with Crippen molar-refractivity contribution in [3.63, 3.8) is 0 Å². The number of rotatable bonds is 5. The van der Waals surface area contributed by atoms with E-state index in [0.29, 0.717) is 0 Å². The number of thiazole rings is 1. The van der Waals surface area contributed by atoms with E-state index in [1.807, 2.05) is 35.5 Å². The second-order valence-electron chi connectivity index (χ2n) is 3.76. The maximum Gasteiger partial charge on any atom is 0.0797 e. The predicted molar refractivity (Wildman–Crippen MR) is 73.6 cm³/mol. The van der Waals surface area contributed by atoms with Gasteiger partial charge in [-0.3, -0.25) is 0 Å². The van der Waals surface area contributed by atoms with E-state index in [0.717, 1.165) is 23.4 Å². The zero-order chi connectivity index (χ0) is 12.1. The second kappa shape index (κ2) is 6.19. The molecule has 1 aromatic carbocycles. The number of hydrogen-bond acceptors (Lipinski definition) is 4. The SMILES string of the molecule is Cc1ncsc1CCSc1cccc(CO)c1. The molecule has 0 aliphatic carbocycles. The molecule has 0 unspecified atom stereocenters. The zero-order valence-electron chi connectivity index (χ0n) is 9.72. The monoisotopic (exact) mass is 265 g/mol. The van der Waals surface area contributed by atoms with E-state index in [4.69, 9.17) is 5.11 Å². The Morgan fingerprint density at radius 2 is 2.29 bits per heavy atom. The highest BCUT2D eigenvalue weighted by atomic mass is 32.2. The topological polar surface area (TPSA) is 33.1 Å². The average Bonchev–Trinajstić information content (AvgIpc) is 2.76. The third kappa shape index (κ3) is 3.56. The van der Waals surface area contributed by atoms with Gasteiger partial charge in [0, 0.05) is 15.5 Å². The number of aliphatic hydroxyl groups excluding tert-OH is 1. The molecule has 1 aromatic heterocycles. The first-order valence-electron chi connectivity index (χ1n) is 5.51. The largest absolute Gasteiger partial charge is 0.392 e. The number of hydrogen-bond donors (Lipinski definition) is 1. The summed E-state index contributed by atoms with van der Waals surface area (Å²) in [5, 5.41) is 9.06. The Bertz CT molecular complexity index is 482. The third-order valence-corrected chi connectivity index (χ3v) is 4.51. The van der Waals surface area contributed by atoms with E-state index in [2.05, 4.69) is 18.0 Å². The molecule has 17 heavy (non-hydrogen) atoms. The molecule has 0 radical (unpaired) electrons. The Morgan fingerprint density at radius 3 is 3.00 bits per heavy atom. The molecule has 2 rings (SSSR count). The smallest absolute Gasteiger partial charge is 0.0797 e. The number of nitrogens with zero attached hydrogens (tertiary/aromatic N) is 1. The molecule has 1 N–H and O–H groups in total. The minimum absolute atomic E-state index is 0.113. The summed E-state index contributed by atoms with van der Waals surface area (Å²) in [5.74, 6) is 1.05. The van der Waals surface area contributed by atoms with Gasteiger partial charge in [0.2, 0.25) is 0 Å². The fourth-order valence-corrected chi connectivity index (χ4v) is 3.42. The molecule has 0 bridgehead atoms. The van der Waals surface area contributed by atoms with Gasteiger partial charge < -0.3 is 5.11 Å². The quantitative estimate of drug-likeness (QED) is 0.842. The van der Waals surface area contributed by atoms with Gasteiger partial charge in [-0.25, -0.2) is 4.98 Å². The molecule has 0 saturated heterocycles. The number of aromatic nitrogens is 1. The van der Waals surface area contributed by atoms with Crippen LogP contribution in [0.4, 0.5) is 0 Å². The molecule has 0 amide bonds. The van der Waals surface area contributed by atoms with Crippen LogP contribution in [0.5, 0.6) is 0 Å². The minimum atomic E-state index is 0.113. The Balaban J connectivity index is 1.87. The normalized spacial score (nSPS) is 10.7. The highest BCUT2D eigenvalue weighted by molar-refractivity contribution is 7.99. The summed E-state index contributed by atoms with van der Waals surface area (Å²) in [6.07, 6.45) is 1.06. The van der Waals surface area contributed by atoms with Crippen LogP contribution in [0.3, 0.4) is 0 Å². The van der Waals surface area contributed by atoms with E-state index in [-0.39, 0.29) is 6.61 Å². The molecular formula is C13H15NOS2. The van der Waals surface area contributed by atoms with Crippen molar-refractivity contribution in [3.05, 3.63) is 45.9 Å². The lowest BCUT2D eigenvalue weighted by Gasteiger charge is -2.03. The van der Waals surface area contributed by atoms with Gasteiger partial charge in [0.05, 0.1) is 17.8 Å². The fraction of sp³-hybridized carbons (Fsp3) is 0.308. The van der Waals surface area contributed by atoms with Gasteiger partial charge in [0.1, 0.15) is 0 Å². The Morgan fingerprint density at radius 1 is 1.41 bits per heavy atom. The van der Waals surface area contributed by atoms with E-state index in [1.54, 1.807) is 11.3 Å². The molecule has 0 fully saturated rings. The summed E-state index contributed by atoms with van der Waals surface area (Å²) in [5.41, 5.74) is 4.03. The Kier molecular flexibility index (Phi) is 4.59. The predicted octanol–water partition coefficient (Wildman–Crippen LogP) is 3.28. The molecule has 2 aromatic rings. The molecular weight excluding hydrogens is 250 g/mol. The molecule has 90 valence electrons. The van der Waals surface area contributed by atoms with Crippen molar-refractivity contribution in [1.29, 1.82) is 0 Å². The summed E-state index contributed by atoms with van der Waals surface area (Å²) in [7, 11) is 0. The van der Waals surface area contributed by atoms with E-state index in [9.17, 15) is 0 Å². The van der Waals surface area contributed by atoms with Crippen LogP contribution in [0, 0.1) is 6.92 Å². The van der Waals surface area contributed by atoms with Crippen LogP contribution in [0.25, 0.3) is 0 Å². The van der Waals surface area contributed by atoms with Gasteiger partial charge in [0.25, 0.3) is 0 Å². The fourth-order valence-electron chi connectivity index (χ4n) is 1.56. The summed E-state index contributed by atoms with van der Waals surface area (Å²) < 4.78 is 0. The highest BCUT2D eigenvalue weighted by Crippen LogP contribution is 2.22. The maximum absolute atomic E-state index is 9.06. The van der Waals surface area contributed by atoms with Crippen LogP contribution in [0.15, 0.2) is 34.7 Å². The summed E-state index contributed by atoms with van der Waals surface area (Å²) in [6, 6.07) is 8.07. The summed E-state index contributed by atoms with van der Waals surface area (Å²) in [6.45, 7) is 2.17. The lowest BCUT2D eigenvalue weighted by Crippen LogP contribution is -1.89. The van der Waals surface area contributed by atoms with Crippen LogP contribution in [0.2, 0.25) is 0 Å². The second-order valence-corrected chi connectivity index (χ2v) is 5.87. The Hall–Kier alpha value is -0.840. The van der Waals surface area contributed by atoms with E-state index >= 15 is 0 Å². The van der Waals surface area contributed by atoms with Crippen molar-refractivity contribution in [2.45, 2.75) is 24.8 Å². The first-order chi connectivity index (χ1) is 8.29. The van der Waals surface area contributed by atoms with Gasteiger partial charge >= 0.3 is 0 Å². The lowest BCUT2D eigenvalue weighted by atomic mass is 10.2. The van der Waals surface area contributed by atoms with E-state index < -0.39 is 0 Å². The molecule has 0 spiro atoms. The van der Waals surface area contributed by atoms with Crippen molar-refractivity contribution in [1.82, 2.24) is 4.98 Å². The van der Waals surface area contributed by atoms with Gasteiger partial charge in [-0.1, -0.05) is 12.1 Å². The van der Waals surface area contributed by atoms with Gasteiger partial charge in [-0.15, -0.1) is 23.1 Å². The van der Waals surface area contributed by atoms with Crippen LogP contribution >= 0.6 is 23.1 Å².